The maximum atomic E-state index is 12.7. The Morgan fingerprint density at radius 2 is 1.77 bits per heavy atom. The lowest BCUT2D eigenvalue weighted by molar-refractivity contribution is -0.121. The van der Waals surface area contributed by atoms with Crippen LogP contribution in [0.1, 0.15) is 5.56 Å². The van der Waals surface area contributed by atoms with E-state index < -0.39 is 0 Å². The molecule has 4 nitrogen and oxygen atoms in total. The Bertz CT molecular complexity index is 1290. The number of hydrogen-bond acceptors (Lipinski definition) is 4. The van der Waals surface area contributed by atoms with Crippen molar-refractivity contribution in [3.05, 3.63) is 87.7 Å². The highest BCUT2D eigenvalue weighted by molar-refractivity contribution is 7.13. The molecule has 4 aromatic rings. The molecule has 0 atom stereocenters. The molecule has 1 aliphatic heterocycles. The van der Waals surface area contributed by atoms with Crippen molar-refractivity contribution in [1.29, 1.82) is 0 Å². The second-order valence-electron chi connectivity index (χ2n) is 7.06. The molecule has 1 aromatic heterocycles. The van der Waals surface area contributed by atoms with Gasteiger partial charge in [0, 0.05) is 21.5 Å². The van der Waals surface area contributed by atoms with Gasteiger partial charge in [0.1, 0.15) is 10.8 Å². The molecule has 0 saturated carbocycles. The van der Waals surface area contributed by atoms with E-state index >= 15 is 0 Å². The standard InChI is InChI=1S/C24H16Cl2N2O2S/c25-18-7-3-1-5-16(18)12-28-21-11-15(9-10-22(21)30-13-23(28)29)20-14-31-24(27-20)17-6-2-4-8-19(17)26/h1-11,14H,12-13H2. The highest BCUT2D eigenvalue weighted by atomic mass is 35.5. The van der Waals surface area contributed by atoms with Gasteiger partial charge in [0.05, 0.1) is 22.9 Å². The zero-order valence-electron chi connectivity index (χ0n) is 16.2. The molecule has 3 aromatic carbocycles. The van der Waals surface area contributed by atoms with Gasteiger partial charge in [0.15, 0.2) is 6.61 Å². The maximum Gasteiger partial charge on any atom is 0.265 e. The van der Waals surface area contributed by atoms with Crippen LogP contribution in [-0.4, -0.2) is 17.5 Å². The van der Waals surface area contributed by atoms with Crippen molar-refractivity contribution in [1.82, 2.24) is 4.98 Å². The van der Waals surface area contributed by atoms with Crippen molar-refractivity contribution in [3.63, 3.8) is 0 Å². The van der Waals surface area contributed by atoms with Crippen LogP contribution >= 0.6 is 34.5 Å². The predicted molar refractivity (Wildman–Crippen MR) is 126 cm³/mol. The summed E-state index contributed by atoms with van der Waals surface area (Å²) in [6.45, 7) is 0.379. The Morgan fingerprint density at radius 1 is 1.00 bits per heavy atom. The highest BCUT2D eigenvalue weighted by Gasteiger charge is 2.27. The molecule has 0 aliphatic carbocycles. The molecule has 154 valence electrons. The van der Waals surface area contributed by atoms with Gasteiger partial charge >= 0.3 is 0 Å². The van der Waals surface area contributed by atoms with Crippen molar-refractivity contribution < 1.29 is 9.53 Å². The summed E-state index contributed by atoms with van der Waals surface area (Å²) in [5, 5.41) is 4.13. The second-order valence-corrected chi connectivity index (χ2v) is 8.73. The number of hydrogen-bond donors (Lipinski definition) is 0. The number of aromatic nitrogens is 1. The topological polar surface area (TPSA) is 42.4 Å². The van der Waals surface area contributed by atoms with Gasteiger partial charge in [0.2, 0.25) is 0 Å². The van der Waals surface area contributed by atoms with E-state index in [2.05, 4.69) is 0 Å². The number of benzene rings is 3. The van der Waals surface area contributed by atoms with E-state index in [4.69, 9.17) is 32.9 Å². The lowest BCUT2D eigenvalue weighted by Crippen LogP contribution is -2.38. The van der Waals surface area contributed by atoms with Gasteiger partial charge in [-0.3, -0.25) is 4.79 Å². The van der Waals surface area contributed by atoms with E-state index in [-0.39, 0.29) is 12.5 Å². The average Bonchev–Trinajstić information content (AvgIpc) is 3.27. The molecular formula is C24H16Cl2N2O2S. The smallest absolute Gasteiger partial charge is 0.265 e. The summed E-state index contributed by atoms with van der Waals surface area (Å²) in [5.41, 5.74) is 4.21. The van der Waals surface area contributed by atoms with Gasteiger partial charge in [-0.15, -0.1) is 11.3 Å². The first-order chi connectivity index (χ1) is 15.1. The minimum atomic E-state index is -0.111. The molecule has 0 radical (unpaired) electrons. The van der Waals surface area contributed by atoms with Crippen LogP contribution in [0.25, 0.3) is 21.8 Å². The SMILES string of the molecule is O=C1COc2ccc(-c3csc(-c4ccccc4Cl)n3)cc2N1Cc1ccccc1Cl. The quantitative estimate of drug-likeness (QED) is 0.335. The Balaban J connectivity index is 1.51. The van der Waals surface area contributed by atoms with Gasteiger partial charge in [-0.25, -0.2) is 4.98 Å². The molecule has 1 aliphatic rings. The molecule has 0 spiro atoms. The molecule has 1 amide bonds. The minimum Gasteiger partial charge on any atom is -0.482 e. The largest absolute Gasteiger partial charge is 0.482 e. The van der Waals surface area contributed by atoms with Crippen LogP contribution in [0.2, 0.25) is 10.0 Å². The van der Waals surface area contributed by atoms with Crippen molar-refractivity contribution in [2.24, 2.45) is 0 Å². The minimum absolute atomic E-state index is 0.00412. The third-order valence-corrected chi connectivity index (χ3v) is 6.67. The van der Waals surface area contributed by atoms with Crippen LogP contribution < -0.4 is 9.64 Å². The number of carbonyl (C=O) groups excluding carboxylic acids is 1. The Hall–Kier alpha value is -2.86. The molecule has 0 N–H and O–H groups in total. The zero-order valence-corrected chi connectivity index (χ0v) is 18.5. The molecule has 7 heteroatoms. The molecule has 31 heavy (non-hydrogen) atoms. The van der Waals surface area contributed by atoms with Gasteiger partial charge in [-0.1, -0.05) is 59.6 Å². The van der Waals surface area contributed by atoms with Crippen LogP contribution in [0.5, 0.6) is 5.75 Å². The number of halogens is 2. The molecule has 5 rings (SSSR count). The zero-order chi connectivity index (χ0) is 21.4. The summed E-state index contributed by atoms with van der Waals surface area (Å²) in [5.74, 6) is 0.552. The maximum absolute atomic E-state index is 12.7. The number of carbonyl (C=O) groups is 1. The van der Waals surface area contributed by atoms with Crippen molar-refractivity contribution in [3.8, 4) is 27.6 Å². The number of ether oxygens (including phenoxy) is 1. The summed E-state index contributed by atoms with van der Waals surface area (Å²) in [7, 11) is 0. The number of thiazole rings is 1. The van der Waals surface area contributed by atoms with Gasteiger partial charge in [-0.2, -0.15) is 0 Å². The van der Waals surface area contributed by atoms with Crippen molar-refractivity contribution in [2.75, 3.05) is 11.5 Å². The number of nitrogens with zero attached hydrogens (tertiary/aromatic N) is 2. The van der Waals surface area contributed by atoms with Crippen molar-refractivity contribution >= 4 is 46.1 Å². The van der Waals surface area contributed by atoms with E-state index in [9.17, 15) is 4.79 Å². The molecule has 2 heterocycles. The van der Waals surface area contributed by atoms with Crippen molar-refractivity contribution in [2.45, 2.75) is 6.54 Å². The number of rotatable bonds is 4. The monoisotopic (exact) mass is 466 g/mol. The van der Waals surface area contributed by atoms with E-state index in [0.717, 1.165) is 27.4 Å². The lowest BCUT2D eigenvalue weighted by Gasteiger charge is -2.30. The molecule has 0 bridgehead atoms. The first-order valence-electron chi connectivity index (χ1n) is 9.61. The Morgan fingerprint density at radius 3 is 2.58 bits per heavy atom. The lowest BCUT2D eigenvalue weighted by atomic mass is 10.1. The van der Waals surface area contributed by atoms with E-state index in [0.29, 0.717) is 28.0 Å². The Labute approximate surface area is 193 Å². The fourth-order valence-electron chi connectivity index (χ4n) is 3.50. The fourth-order valence-corrected chi connectivity index (χ4v) is 4.84. The summed E-state index contributed by atoms with van der Waals surface area (Å²) in [6, 6.07) is 20.9. The third-order valence-electron chi connectivity index (χ3n) is 5.09. The molecule has 0 fully saturated rings. The van der Waals surface area contributed by atoms with Crippen LogP contribution in [0.4, 0.5) is 5.69 Å². The van der Waals surface area contributed by atoms with Crippen LogP contribution in [0.15, 0.2) is 72.1 Å². The number of fused-ring (bicyclic) bond motifs is 1. The predicted octanol–water partition coefficient (Wildman–Crippen LogP) is 6.71. The summed E-state index contributed by atoms with van der Waals surface area (Å²) < 4.78 is 5.66. The van der Waals surface area contributed by atoms with E-state index in [1.807, 2.05) is 72.1 Å². The van der Waals surface area contributed by atoms with E-state index in [1.165, 1.54) is 11.3 Å². The Kier molecular flexibility index (Phi) is 5.40. The average molecular weight is 467 g/mol. The summed E-state index contributed by atoms with van der Waals surface area (Å²) in [4.78, 5) is 19.2. The normalized spacial score (nSPS) is 13.1. The van der Waals surface area contributed by atoms with Crippen LogP contribution in [0, 0.1) is 0 Å². The highest BCUT2D eigenvalue weighted by Crippen LogP contribution is 2.39. The van der Waals surface area contributed by atoms with Gasteiger partial charge < -0.3 is 9.64 Å². The molecule has 0 saturated heterocycles. The summed E-state index contributed by atoms with van der Waals surface area (Å²) >= 11 is 14.2. The van der Waals surface area contributed by atoms with Crippen LogP contribution in [-0.2, 0) is 11.3 Å². The molecule has 0 unspecified atom stereocenters. The van der Waals surface area contributed by atoms with Gasteiger partial charge in [-0.05, 0) is 35.9 Å². The fraction of sp³-hybridized carbons (Fsp3) is 0.0833. The first kappa shape index (κ1) is 20.1. The molecular weight excluding hydrogens is 451 g/mol. The van der Waals surface area contributed by atoms with E-state index in [1.54, 1.807) is 4.90 Å². The van der Waals surface area contributed by atoms with Gasteiger partial charge in [0.25, 0.3) is 5.91 Å². The number of anilines is 1. The second kappa shape index (κ2) is 8.35. The van der Waals surface area contributed by atoms with Crippen LogP contribution in [0.3, 0.4) is 0 Å². The third kappa shape index (κ3) is 3.92. The summed E-state index contributed by atoms with van der Waals surface area (Å²) in [6.07, 6.45) is 0. The number of amides is 1. The first-order valence-corrected chi connectivity index (χ1v) is 11.2.